The van der Waals surface area contributed by atoms with Crippen LogP contribution in [0.4, 0.5) is 10.2 Å². The number of halogens is 1. The second kappa shape index (κ2) is 5.30. The van der Waals surface area contributed by atoms with Crippen LogP contribution in [-0.4, -0.2) is 4.98 Å². The molecule has 2 aromatic rings. The number of nitriles is 1. The van der Waals surface area contributed by atoms with Gasteiger partial charge in [0, 0.05) is 6.20 Å². The third-order valence-corrected chi connectivity index (χ3v) is 3.66. The van der Waals surface area contributed by atoms with Gasteiger partial charge in [0.15, 0.2) is 0 Å². The molecule has 0 radical (unpaired) electrons. The summed E-state index contributed by atoms with van der Waals surface area (Å²) in [6.45, 7) is 0. The molecule has 1 N–H and O–H groups in total. The van der Waals surface area contributed by atoms with Crippen LogP contribution < -0.4 is 5.32 Å². The fourth-order valence-corrected chi connectivity index (χ4v) is 2.70. The zero-order valence-corrected chi connectivity index (χ0v) is 10.9. The normalized spacial score (nSPS) is 17.1. The summed E-state index contributed by atoms with van der Waals surface area (Å²) >= 11 is 0. The van der Waals surface area contributed by atoms with Crippen LogP contribution in [0.2, 0.25) is 0 Å². The molecule has 1 aliphatic rings. The number of benzene rings is 1. The fourth-order valence-electron chi connectivity index (χ4n) is 2.70. The predicted octanol–water partition coefficient (Wildman–Crippen LogP) is 3.58. The molecule has 1 atom stereocenters. The lowest BCUT2D eigenvalue weighted by molar-refractivity contribution is 0.578. The van der Waals surface area contributed by atoms with Crippen LogP contribution in [0, 0.1) is 17.1 Å². The molecule has 1 aliphatic carbocycles. The van der Waals surface area contributed by atoms with E-state index in [2.05, 4.69) is 16.4 Å². The van der Waals surface area contributed by atoms with E-state index in [0.29, 0.717) is 11.4 Å². The largest absolute Gasteiger partial charge is 0.362 e. The molecule has 0 spiro atoms. The Morgan fingerprint density at radius 1 is 1.35 bits per heavy atom. The summed E-state index contributed by atoms with van der Waals surface area (Å²) in [6.07, 6.45) is 4.59. The summed E-state index contributed by atoms with van der Waals surface area (Å²) in [7, 11) is 0. The van der Waals surface area contributed by atoms with Crippen molar-refractivity contribution >= 4 is 5.82 Å². The van der Waals surface area contributed by atoms with Crippen LogP contribution in [0.25, 0.3) is 0 Å². The molecule has 4 heteroatoms. The standard InChI is InChI=1S/C16H14FN3/c17-13-7-6-11-3-1-5-15(14(11)9-13)20-16-12(10-18)4-2-8-19-16/h2,4,6-9,15H,1,3,5H2,(H,19,20). The van der Waals surface area contributed by atoms with E-state index in [4.69, 9.17) is 5.26 Å². The molecular weight excluding hydrogens is 253 g/mol. The van der Waals surface area contributed by atoms with E-state index in [9.17, 15) is 4.39 Å². The zero-order chi connectivity index (χ0) is 13.9. The summed E-state index contributed by atoms with van der Waals surface area (Å²) in [4.78, 5) is 4.21. The van der Waals surface area contributed by atoms with Gasteiger partial charge >= 0.3 is 0 Å². The molecule has 100 valence electrons. The van der Waals surface area contributed by atoms with Gasteiger partial charge in [-0.2, -0.15) is 5.26 Å². The molecule has 0 saturated heterocycles. The van der Waals surface area contributed by atoms with Gasteiger partial charge in [-0.3, -0.25) is 0 Å². The van der Waals surface area contributed by atoms with E-state index in [0.717, 1.165) is 24.8 Å². The van der Waals surface area contributed by atoms with Crippen LogP contribution in [0.15, 0.2) is 36.5 Å². The van der Waals surface area contributed by atoms with Crippen LogP contribution >= 0.6 is 0 Å². The maximum Gasteiger partial charge on any atom is 0.144 e. The maximum atomic E-state index is 13.5. The SMILES string of the molecule is N#Cc1cccnc1NC1CCCc2ccc(F)cc21. The number of pyridine rings is 1. The van der Waals surface area contributed by atoms with Gasteiger partial charge in [0.25, 0.3) is 0 Å². The van der Waals surface area contributed by atoms with E-state index >= 15 is 0 Å². The first-order valence-corrected chi connectivity index (χ1v) is 6.68. The molecule has 1 aromatic heterocycles. The molecular formula is C16H14FN3. The lowest BCUT2D eigenvalue weighted by Gasteiger charge is -2.27. The Hall–Kier alpha value is -2.41. The van der Waals surface area contributed by atoms with Gasteiger partial charge in [-0.15, -0.1) is 0 Å². The number of nitrogens with one attached hydrogen (secondary N) is 1. The Kier molecular flexibility index (Phi) is 3.34. The summed E-state index contributed by atoms with van der Waals surface area (Å²) in [5, 5.41) is 12.4. The number of aromatic nitrogens is 1. The summed E-state index contributed by atoms with van der Waals surface area (Å²) in [6, 6.07) is 10.5. The first-order valence-electron chi connectivity index (χ1n) is 6.68. The molecule has 0 bridgehead atoms. The van der Waals surface area contributed by atoms with Gasteiger partial charge in [-0.25, -0.2) is 9.37 Å². The molecule has 3 nitrogen and oxygen atoms in total. The van der Waals surface area contributed by atoms with Crippen molar-refractivity contribution in [2.75, 3.05) is 5.32 Å². The number of aryl methyl sites for hydroxylation is 1. The second-order valence-electron chi connectivity index (χ2n) is 4.94. The van der Waals surface area contributed by atoms with Crippen molar-refractivity contribution in [1.82, 2.24) is 4.98 Å². The van der Waals surface area contributed by atoms with Crippen LogP contribution in [-0.2, 0) is 6.42 Å². The Labute approximate surface area is 117 Å². The van der Waals surface area contributed by atoms with E-state index in [-0.39, 0.29) is 11.9 Å². The Balaban J connectivity index is 1.94. The maximum absolute atomic E-state index is 13.5. The molecule has 0 saturated carbocycles. The minimum absolute atomic E-state index is 0.0106. The summed E-state index contributed by atoms with van der Waals surface area (Å²) < 4.78 is 13.5. The average molecular weight is 267 g/mol. The minimum atomic E-state index is -0.223. The highest BCUT2D eigenvalue weighted by atomic mass is 19.1. The van der Waals surface area contributed by atoms with Gasteiger partial charge in [-0.1, -0.05) is 6.07 Å². The van der Waals surface area contributed by atoms with Crippen molar-refractivity contribution in [2.24, 2.45) is 0 Å². The van der Waals surface area contributed by atoms with Crippen molar-refractivity contribution in [3.8, 4) is 6.07 Å². The fraction of sp³-hybridized carbons (Fsp3) is 0.250. The predicted molar refractivity (Wildman–Crippen MR) is 74.7 cm³/mol. The molecule has 3 rings (SSSR count). The molecule has 20 heavy (non-hydrogen) atoms. The molecule has 0 fully saturated rings. The summed E-state index contributed by atoms with van der Waals surface area (Å²) in [5.74, 6) is 0.344. The molecule has 0 aliphatic heterocycles. The van der Waals surface area contributed by atoms with Crippen LogP contribution in [0.1, 0.15) is 35.6 Å². The van der Waals surface area contributed by atoms with Crippen molar-refractivity contribution in [3.05, 3.63) is 59.0 Å². The first kappa shape index (κ1) is 12.6. The highest BCUT2D eigenvalue weighted by Crippen LogP contribution is 2.33. The number of nitrogens with zero attached hydrogens (tertiary/aromatic N) is 2. The second-order valence-corrected chi connectivity index (χ2v) is 4.94. The monoisotopic (exact) mass is 267 g/mol. The molecule has 1 unspecified atom stereocenters. The zero-order valence-electron chi connectivity index (χ0n) is 10.9. The van der Waals surface area contributed by atoms with Gasteiger partial charge in [0.05, 0.1) is 11.6 Å². The molecule has 1 heterocycles. The van der Waals surface area contributed by atoms with Gasteiger partial charge < -0.3 is 5.32 Å². The Morgan fingerprint density at radius 2 is 2.25 bits per heavy atom. The lowest BCUT2D eigenvalue weighted by Crippen LogP contribution is -2.18. The lowest BCUT2D eigenvalue weighted by atomic mass is 9.87. The third-order valence-electron chi connectivity index (χ3n) is 3.66. The number of fused-ring (bicyclic) bond motifs is 1. The van der Waals surface area contributed by atoms with Gasteiger partial charge in [-0.05, 0) is 54.7 Å². The topological polar surface area (TPSA) is 48.7 Å². The molecule has 0 amide bonds. The first-order chi connectivity index (χ1) is 9.78. The summed E-state index contributed by atoms with van der Waals surface area (Å²) in [5.41, 5.74) is 2.66. The third kappa shape index (κ3) is 2.35. The van der Waals surface area contributed by atoms with E-state index in [1.54, 1.807) is 24.4 Å². The van der Waals surface area contributed by atoms with E-state index < -0.39 is 0 Å². The smallest absolute Gasteiger partial charge is 0.144 e. The van der Waals surface area contributed by atoms with Gasteiger partial charge in [0.2, 0.25) is 0 Å². The minimum Gasteiger partial charge on any atom is -0.362 e. The van der Waals surface area contributed by atoms with Crippen molar-refractivity contribution < 1.29 is 4.39 Å². The van der Waals surface area contributed by atoms with Crippen LogP contribution in [0.5, 0.6) is 0 Å². The number of hydrogen-bond acceptors (Lipinski definition) is 3. The van der Waals surface area contributed by atoms with Crippen molar-refractivity contribution in [1.29, 1.82) is 5.26 Å². The highest BCUT2D eigenvalue weighted by molar-refractivity contribution is 5.53. The highest BCUT2D eigenvalue weighted by Gasteiger charge is 2.21. The molecule has 1 aromatic carbocycles. The Bertz CT molecular complexity index is 676. The average Bonchev–Trinajstić information content (AvgIpc) is 2.48. The number of anilines is 1. The van der Waals surface area contributed by atoms with Crippen molar-refractivity contribution in [2.45, 2.75) is 25.3 Å². The van der Waals surface area contributed by atoms with Crippen molar-refractivity contribution in [3.63, 3.8) is 0 Å². The van der Waals surface area contributed by atoms with Crippen LogP contribution in [0.3, 0.4) is 0 Å². The number of rotatable bonds is 2. The Morgan fingerprint density at radius 3 is 3.10 bits per heavy atom. The van der Waals surface area contributed by atoms with E-state index in [1.807, 2.05) is 6.07 Å². The quantitative estimate of drug-likeness (QED) is 0.904. The number of hydrogen-bond donors (Lipinski definition) is 1. The van der Waals surface area contributed by atoms with Gasteiger partial charge in [0.1, 0.15) is 17.7 Å². The van der Waals surface area contributed by atoms with E-state index in [1.165, 1.54) is 11.6 Å².